The average Bonchev–Trinajstić information content (AvgIpc) is 2.84. The maximum Gasteiger partial charge on any atom is 0.271 e. The van der Waals surface area contributed by atoms with Gasteiger partial charge in [-0.05, 0) is 75.7 Å². The van der Waals surface area contributed by atoms with Crippen LogP contribution in [0.15, 0.2) is 90.0 Å². The summed E-state index contributed by atoms with van der Waals surface area (Å²) in [6.45, 7) is 2.89. The van der Waals surface area contributed by atoms with Crippen LogP contribution in [0.4, 0.5) is 0 Å². The van der Waals surface area contributed by atoms with Gasteiger partial charge in [-0.2, -0.15) is 5.10 Å². The van der Waals surface area contributed by atoms with Crippen molar-refractivity contribution in [1.82, 2.24) is 5.43 Å². The Morgan fingerprint density at radius 3 is 2.48 bits per heavy atom. The van der Waals surface area contributed by atoms with E-state index in [0.29, 0.717) is 30.3 Å². The molecule has 0 saturated carbocycles. The third-order valence-corrected chi connectivity index (χ3v) is 5.75. The van der Waals surface area contributed by atoms with E-state index in [1.807, 2.05) is 85.8 Å². The second-order valence-electron chi connectivity index (χ2n) is 7.30. The highest BCUT2D eigenvalue weighted by Gasteiger charge is 2.12. The predicted octanol–water partition coefficient (Wildman–Crippen LogP) is 6.19. The Kier molecular flexibility index (Phi) is 7.57. The minimum Gasteiger partial charge on any atom is -0.490 e. The second kappa shape index (κ2) is 11.0. The molecule has 0 unspecified atom stereocenters. The lowest BCUT2D eigenvalue weighted by atomic mass is 10.1. The highest BCUT2D eigenvalue weighted by Crippen LogP contribution is 2.34. The van der Waals surface area contributed by atoms with Gasteiger partial charge in [0.1, 0.15) is 6.61 Å². The molecule has 166 valence electrons. The summed E-state index contributed by atoms with van der Waals surface area (Å²) in [6, 6.07) is 27.3. The van der Waals surface area contributed by atoms with Gasteiger partial charge in [-0.25, -0.2) is 5.43 Å². The molecule has 0 aliphatic heterocycles. The normalized spacial score (nSPS) is 11.0. The molecule has 1 amide bonds. The summed E-state index contributed by atoms with van der Waals surface area (Å²) in [6.07, 6.45) is 1.60. The number of benzene rings is 4. The van der Waals surface area contributed by atoms with Gasteiger partial charge < -0.3 is 9.47 Å². The lowest BCUT2D eigenvalue weighted by Crippen LogP contribution is -2.17. The SMILES string of the molecule is CCOc1cc(/C=N\NC(=O)c2ccc3ccccc3c2)cc(I)c1OCc1ccccc1. The molecule has 0 bridgehead atoms. The van der Waals surface area contributed by atoms with E-state index in [1.54, 1.807) is 12.3 Å². The molecular formula is C27H23IN2O3. The van der Waals surface area contributed by atoms with Gasteiger partial charge in [-0.1, -0.05) is 60.7 Å². The number of rotatable bonds is 8. The molecule has 4 aromatic rings. The van der Waals surface area contributed by atoms with E-state index in [9.17, 15) is 4.79 Å². The van der Waals surface area contributed by atoms with Gasteiger partial charge in [0.15, 0.2) is 11.5 Å². The summed E-state index contributed by atoms with van der Waals surface area (Å²) in [4.78, 5) is 12.5. The van der Waals surface area contributed by atoms with Crippen LogP contribution < -0.4 is 14.9 Å². The topological polar surface area (TPSA) is 59.9 Å². The van der Waals surface area contributed by atoms with E-state index in [4.69, 9.17) is 9.47 Å². The third kappa shape index (κ3) is 5.90. The Morgan fingerprint density at radius 2 is 1.70 bits per heavy atom. The van der Waals surface area contributed by atoms with E-state index in [-0.39, 0.29) is 5.91 Å². The van der Waals surface area contributed by atoms with Gasteiger partial charge in [0.25, 0.3) is 5.91 Å². The van der Waals surface area contributed by atoms with Crippen molar-refractivity contribution in [3.05, 3.63) is 105 Å². The van der Waals surface area contributed by atoms with Crippen molar-refractivity contribution < 1.29 is 14.3 Å². The van der Waals surface area contributed by atoms with E-state index < -0.39 is 0 Å². The zero-order valence-electron chi connectivity index (χ0n) is 18.1. The van der Waals surface area contributed by atoms with Crippen molar-refractivity contribution in [2.24, 2.45) is 5.10 Å². The van der Waals surface area contributed by atoms with Crippen molar-refractivity contribution >= 4 is 45.5 Å². The van der Waals surface area contributed by atoms with Crippen LogP contribution in [0.25, 0.3) is 10.8 Å². The zero-order chi connectivity index (χ0) is 23.0. The summed E-state index contributed by atoms with van der Waals surface area (Å²) >= 11 is 2.22. The van der Waals surface area contributed by atoms with Gasteiger partial charge in [0, 0.05) is 5.56 Å². The van der Waals surface area contributed by atoms with Crippen LogP contribution in [0.2, 0.25) is 0 Å². The van der Waals surface area contributed by atoms with Gasteiger partial charge >= 0.3 is 0 Å². The number of nitrogens with one attached hydrogen (secondary N) is 1. The third-order valence-electron chi connectivity index (χ3n) is 4.95. The first-order valence-corrected chi connectivity index (χ1v) is 11.7. The fraction of sp³-hybridized carbons (Fsp3) is 0.111. The van der Waals surface area contributed by atoms with Crippen LogP contribution >= 0.6 is 22.6 Å². The number of nitrogens with zero attached hydrogens (tertiary/aromatic N) is 1. The lowest BCUT2D eigenvalue weighted by molar-refractivity contribution is 0.0955. The molecule has 4 rings (SSSR count). The average molecular weight is 550 g/mol. The van der Waals surface area contributed by atoms with Crippen LogP contribution in [0, 0.1) is 3.57 Å². The first-order chi connectivity index (χ1) is 16.1. The van der Waals surface area contributed by atoms with E-state index in [0.717, 1.165) is 25.5 Å². The van der Waals surface area contributed by atoms with Crippen LogP contribution in [0.3, 0.4) is 0 Å². The molecule has 0 radical (unpaired) electrons. The standard InChI is InChI=1S/C27H23IN2O3/c1-2-32-25-15-20(14-24(28)26(25)33-18-19-8-4-3-5-9-19)17-29-30-27(31)23-13-12-21-10-6-7-11-22(21)16-23/h3-17H,2,18H2,1H3,(H,30,31)/b29-17-. The zero-order valence-corrected chi connectivity index (χ0v) is 20.3. The van der Waals surface area contributed by atoms with E-state index >= 15 is 0 Å². The quantitative estimate of drug-likeness (QED) is 0.162. The highest BCUT2D eigenvalue weighted by atomic mass is 127. The molecule has 0 aliphatic carbocycles. The lowest BCUT2D eigenvalue weighted by Gasteiger charge is -2.14. The minimum absolute atomic E-state index is 0.264. The van der Waals surface area contributed by atoms with Crippen molar-refractivity contribution in [3.63, 3.8) is 0 Å². The number of hydrazone groups is 1. The number of amides is 1. The maximum absolute atomic E-state index is 12.5. The first-order valence-electron chi connectivity index (χ1n) is 10.6. The Bertz CT molecular complexity index is 1290. The fourth-order valence-corrected chi connectivity index (χ4v) is 4.14. The molecule has 4 aromatic carbocycles. The summed E-state index contributed by atoms with van der Waals surface area (Å²) < 4.78 is 12.8. The maximum atomic E-state index is 12.5. The monoisotopic (exact) mass is 550 g/mol. The smallest absolute Gasteiger partial charge is 0.271 e. The molecule has 0 aliphatic rings. The molecule has 1 N–H and O–H groups in total. The molecule has 0 atom stereocenters. The summed E-state index contributed by atoms with van der Waals surface area (Å²) in [5.41, 5.74) is 5.04. The number of carbonyl (C=O) groups is 1. The molecule has 0 spiro atoms. The van der Waals surface area contributed by atoms with Crippen molar-refractivity contribution in [2.75, 3.05) is 6.61 Å². The Morgan fingerprint density at radius 1 is 0.939 bits per heavy atom. The van der Waals surface area contributed by atoms with Gasteiger partial charge in [0.05, 0.1) is 16.4 Å². The summed E-state index contributed by atoms with van der Waals surface area (Å²) in [7, 11) is 0. The predicted molar refractivity (Wildman–Crippen MR) is 140 cm³/mol. The van der Waals surface area contributed by atoms with Crippen LogP contribution in [-0.2, 0) is 6.61 Å². The van der Waals surface area contributed by atoms with Crippen LogP contribution in [0.1, 0.15) is 28.4 Å². The summed E-state index contributed by atoms with van der Waals surface area (Å²) in [5.74, 6) is 1.07. The number of ether oxygens (including phenoxy) is 2. The molecule has 5 nitrogen and oxygen atoms in total. The fourth-order valence-electron chi connectivity index (χ4n) is 3.36. The van der Waals surface area contributed by atoms with Crippen LogP contribution in [0.5, 0.6) is 11.5 Å². The molecule has 33 heavy (non-hydrogen) atoms. The van der Waals surface area contributed by atoms with Gasteiger partial charge in [-0.15, -0.1) is 0 Å². The van der Waals surface area contributed by atoms with Crippen molar-refractivity contribution in [1.29, 1.82) is 0 Å². The Hall–Kier alpha value is -3.39. The molecule has 6 heteroatoms. The van der Waals surface area contributed by atoms with Crippen molar-refractivity contribution in [3.8, 4) is 11.5 Å². The highest BCUT2D eigenvalue weighted by molar-refractivity contribution is 14.1. The largest absolute Gasteiger partial charge is 0.490 e. The first kappa shape index (κ1) is 22.8. The number of hydrogen-bond acceptors (Lipinski definition) is 4. The van der Waals surface area contributed by atoms with Crippen molar-refractivity contribution in [2.45, 2.75) is 13.5 Å². The number of halogens is 1. The van der Waals surface area contributed by atoms with Gasteiger partial charge in [0.2, 0.25) is 0 Å². The minimum atomic E-state index is -0.264. The van der Waals surface area contributed by atoms with E-state index in [1.165, 1.54) is 0 Å². The molecule has 0 saturated heterocycles. The molecule has 0 heterocycles. The Balaban J connectivity index is 1.46. The molecule has 0 fully saturated rings. The number of hydrogen-bond donors (Lipinski definition) is 1. The summed E-state index contributed by atoms with van der Waals surface area (Å²) in [5, 5.41) is 6.24. The molecular weight excluding hydrogens is 527 g/mol. The van der Waals surface area contributed by atoms with Gasteiger partial charge in [-0.3, -0.25) is 4.79 Å². The Labute approximate surface area is 206 Å². The second-order valence-corrected chi connectivity index (χ2v) is 8.46. The number of carbonyl (C=O) groups excluding carboxylic acids is 1. The van der Waals surface area contributed by atoms with Crippen LogP contribution in [-0.4, -0.2) is 18.7 Å². The van der Waals surface area contributed by atoms with E-state index in [2.05, 4.69) is 33.1 Å². The number of fused-ring (bicyclic) bond motifs is 1. The molecule has 0 aromatic heterocycles.